The molecule has 2 aromatic rings. The summed E-state index contributed by atoms with van der Waals surface area (Å²) in [5, 5.41) is 2.82. The maximum atomic E-state index is 12.9. The zero-order chi connectivity index (χ0) is 19.9. The van der Waals surface area contributed by atoms with Crippen LogP contribution >= 0.6 is 0 Å². The first-order valence-corrected chi connectivity index (χ1v) is 9.18. The van der Waals surface area contributed by atoms with Crippen molar-refractivity contribution in [2.75, 3.05) is 32.7 Å². The number of amides is 3. The summed E-state index contributed by atoms with van der Waals surface area (Å²) < 4.78 is 12.9. The molecule has 146 valence electrons. The van der Waals surface area contributed by atoms with Gasteiger partial charge < -0.3 is 15.1 Å². The van der Waals surface area contributed by atoms with E-state index in [2.05, 4.69) is 5.32 Å². The smallest absolute Gasteiger partial charge is 0.253 e. The number of nitrogens with zero attached hydrogens (tertiary/aromatic N) is 2. The van der Waals surface area contributed by atoms with Crippen molar-refractivity contribution in [3.8, 4) is 0 Å². The molecular weight excluding hydrogens is 361 g/mol. The fourth-order valence-electron chi connectivity index (χ4n) is 3.05. The number of hydrogen-bond donors (Lipinski definition) is 1. The molecule has 3 amide bonds. The first kappa shape index (κ1) is 19.5. The molecule has 0 saturated carbocycles. The predicted octanol–water partition coefficient (Wildman–Crippen LogP) is 1.71. The minimum atomic E-state index is -0.284. The largest absolute Gasteiger partial charge is 0.352 e. The minimum Gasteiger partial charge on any atom is -0.352 e. The van der Waals surface area contributed by atoms with E-state index in [-0.39, 0.29) is 17.6 Å². The summed E-state index contributed by atoms with van der Waals surface area (Å²) >= 11 is 0. The van der Waals surface area contributed by atoms with Gasteiger partial charge in [-0.25, -0.2) is 4.39 Å². The van der Waals surface area contributed by atoms with Crippen LogP contribution in [0.2, 0.25) is 0 Å². The van der Waals surface area contributed by atoms with Crippen molar-refractivity contribution in [2.24, 2.45) is 0 Å². The van der Waals surface area contributed by atoms with Crippen LogP contribution in [0, 0.1) is 5.82 Å². The van der Waals surface area contributed by atoms with Gasteiger partial charge in [-0.05, 0) is 48.4 Å². The molecule has 0 spiro atoms. The van der Waals surface area contributed by atoms with E-state index < -0.39 is 0 Å². The number of nitrogens with one attached hydrogen (secondary N) is 1. The fraction of sp³-hybridized carbons (Fsp3) is 0.286. The van der Waals surface area contributed by atoms with Crippen LogP contribution in [0.25, 0.3) is 0 Å². The average molecular weight is 383 g/mol. The van der Waals surface area contributed by atoms with Crippen LogP contribution in [0.15, 0.2) is 48.5 Å². The molecule has 2 aromatic carbocycles. The lowest BCUT2D eigenvalue weighted by Gasteiger charge is -2.32. The molecule has 6 nitrogen and oxygen atoms in total. The highest BCUT2D eigenvalue weighted by Gasteiger charge is 2.21. The summed E-state index contributed by atoms with van der Waals surface area (Å²) in [5.41, 5.74) is 1.93. The van der Waals surface area contributed by atoms with Gasteiger partial charge in [0.25, 0.3) is 11.8 Å². The van der Waals surface area contributed by atoms with Crippen LogP contribution in [0.1, 0.15) is 26.3 Å². The van der Waals surface area contributed by atoms with E-state index in [0.717, 1.165) is 12.0 Å². The molecule has 28 heavy (non-hydrogen) atoms. The Labute approximate surface area is 162 Å². The zero-order valence-electron chi connectivity index (χ0n) is 15.4. The second-order valence-corrected chi connectivity index (χ2v) is 6.64. The van der Waals surface area contributed by atoms with Gasteiger partial charge >= 0.3 is 0 Å². The average Bonchev–Trinajstić information content (AvgIpc) is 2.74. The summed E-state index contributed by atoms with van der Waals surface area (Å²) in [6, 6.07) is 12.7. The van der Waals surface area contributed by atoms with E-state index in [1.54, 1.807) is 46.2 Å². The van der Waals surface area contributed by atoms with Crippen LogP contribution in [0.5, 0.6) is 0 Å². The fourth-order valence-corrected chi connectivity index (χ4v) is 3.05. The van der Waals surface area contributed by atoms with Gasteiger partial charge in [0.15, 0.2) is 0 Å². The van der Waals surface area contributed by atoms with Crippen molar-refractivity contribution in [1.29, 1.82) is 0 Å². The number of benzene rings is 2. The van der Waals surface area contributed by atoms with Gasteiger partial charge in [-0.1, -0.05) is 12.1 Å². The van der Waals surface area contributed by atoms with Gasteiger partial charge in [0.1, 0.15) is 5.82 Å². The molecule has 1 aliphatic rings. The number of halogens is 1. The Morgan fingerprint density at radius 3 is 2.14 bits per heavy atom. The Kier molecular flexibility index (Phi) is 6.37. The summed E-state index contributed by atoms with van der Waals surface area (Å²) in [6.07, 6.45) is 1.40. The molecule has 0 aromatic heterocycles. The van der Waals surface area contributed by atoms with Gasteiger partial charge in [0.05, 0.1) is 0 Å². The second-order valence-electron chi connectivity index (χ2n) is 6.64. The van der Waals surface area contributed by atoms with E-state index in [1.165, 1.54) is 12.1 Å². The lowest BCUT2D eigenvalue weighted by Crippen LogP contribution is -2.48. The normalized spacial score (nSPS) is 13.9. The number of carbonyl (C=O) groups excluding carboxylic acids is 3. The Morgan fingerprint density at radius 1 is 0.929 bits per heavy atom. The SMILES string of the molecule is O=CN1CCN(C(=O)c2ccc(C(=O)NCCc3ccc(F)cc3)cc2)CC1. The number of piperazine rings is 1. The monoisotopic (exact) mass is 383 g/mol. The van der Waals surface area contributed by atoms with Crippen LogP contribution in [-0.4, -0.2) is 60.7 Å². The maximum Gasteiger partial charge on any atom is 0.253 e. The molecular formula is C21H22FN3O3. The lowest BCUT2D eigenvalue weighted by atomic mass is 10.1. The summed E-state index contributed by atoms with van der Waals surface area (Å²) in [4.78, 5) is 38.9. The van der Waals surface area contributed by atoms with Gasteiger partial charge in [0.2, 0.25) is 6.41 Å². The van der Waals surface area contributed by atoms with Gasteiger partial charge in [-0.15, -0.1) is 0 Å². The van der Waals surface area contributed by atoms with Crippen molar-refractivity contribution >= 4 is 18.2 Å². The third kappa shape index (κ3) is 4.94. The van der Waals surface area contributed by atoms with Crippen molar-refractivity contribution < 1.29 is 18.8 Å². The quantitative estimate of drug-likeness (QED) is 0.772. The highest BCUT2D eigenvalue weighted by atomic mass is 19.1. The zero-order valence-corrected chi connectivity index (χ0v) is 15.4. The van der Waals surface area contributed by atoms with Gasteiger partial charge in [0, 0.05) is 43.9 Å². The molecule has 3 rings (SSSR count). The molecule has 1 N–H and O–H groups in total. The first-order chi connectivity index (χ1) is 13.6. The molecule has 1 fully saturated rings. The van der Waals surface area contributed by atoms with Crippen LogP contribution < -0.4 is 5.32 Å². The second kappa shape index (κ2) is 9.12. The Morgan fingerprint density at radius 2 is 1.54 bits per heavy atom. The predicted molar refractivity (Wildman–Crippen MR) is 102 cm³/mol. The number of hydrogen-bond acceptors (Lipinski definition) is 3. The van der Waals surface area contributed by atoms with Crippen molar-refractivity contribution in [3.63, 3.8) is 0 Å². The van der Waals surface area contributed by atoms with E-state index >= 15 is 0 Å². The first-order valence-electron chi connectivity index (χ1n) is 9.18. The van der Waals surface area contributed by atoms with Crippen LogP contribution in [0.4, 0.5) is 4.39 Å². The van der Waals surface area contributed by atoms with E-state index in [1.807, 2.05) is 0 Å². The summed E-state index contributed by atoms with van der Waals surface area (Å²) in [6.45, 7) is 2.51. The number of rotatable bonds is 6. The molecule has 1 aliphatic heterocycles. The Bertz CT molecular complexity index is 829. The minimum absolute atomic E-state index is 0.103. The molecule has 1 saturated heterocycles. The van der Waals surface area contributed by atoms with Crippen molar-refractivity contribution in [2.45, 2.75) is 6.42 Å². The lowest BCUT2D eigenvalue weighted by molar-refractivity contribution is -0.119. The van der Waals surface area contributed by atoms with Crippen molar-refractivity contribution in [1.82, 2.24) is 15.1 Å². The van der Waals surface area contributed by atoms with Crippen molar-refractivity contribution in [3.05, 3.63) is 71.0 Å². The number of carbonyl (C=O) groups is 3. The topological polar surface area (TPSA) is 69.7 Å². The third-order valence-electron chi connectivity index (χ3n) is 4.76. The molecule has 7 heteroatoms. The van der Waals surface area contributed by atoms with Crippen LogP contribution in [-0.2, 0) is 11.2 Å². The summed E-state index contributed by atoms with van der Waals surface area (Å²) in [7, 11) is 0. The summed E-state index contributed by atoms with van der Waals surface area (Å²) in [5.74, 6) is -0.609. The molecule has 0 radical (unpaired) electrons. The van der Waals surface area contributed by atoms with E-state index in [0.29, 0.717) is 50.3 Å². The van der Waals surface area contributed by atoms with Gasteiger partial charge in [-0.2, -0.15) is 0 Å². The third-order valence-corrected chi connectivity index (χ3v) is 4.76. The molecule has 0 aliphatic carbocycles. The van der Waals surface area contributed by atoms with E-state index in [4.69, 9.17) is 0 Å². The highest BCUT2D eigenvalue weighted by Crippen LogP contribution is 2.10. The van der Waals surface area contributed by atoms with Crippen LogP contribution in [0.3, 0.4) is 0 Å². The maximum absolute atomic E-state index is 12.9. The van der Waals surface area contributed by atoms with Gasteiger partial charge in [-0.3, -0.25) is 14.4 Å². The Balaban J connectivity index is 1.50. The van der Waals surface area contributed by atoms with E-state index in [9.17, 15) is 18.8 Å². The standard InChI is InChI=1S/C21H22FN3O3/c22-19-7-1-16(2-8-19)9-10-23-20(27)17-3-5-18(6-4-17)21(28)25-13-11-24(15-26)12-14-25/h1-8,15H,9-14H2,(H,23,27). The molecule has 0 atom stereocenters. The highest BCUT2D eigenvalue weighted by molar-refractivity contribution is 5.97. The molecule has 0 bridgehead atoms. The molecule has 0 unspecified atom stereocenters. The molecule has 1 heterocycles. The Hall–Kier alpha value is -3.22.